The lowest BCUT2D eigenvalue weighted by molar-refractivity contribution is 0.933. The zero-order valence-electron chi connectivity index (χ0n) is 11.6. The fourth-order valence-electron chi connectivity index (χ4n) is 3.43. The molecule has 2 atom stereocenters. The van der Waals surface area contributed by atoms with Crippen LogP contribution in [0.4, 0.5) is 5.69 Å². The predicted molar refractivity (Wildman–Crippen MR) is 92.3 cm³/mol. The quantitative estimate of drug-likeness (QED) is 0.521. The molecule has 1 nitrogen and oxygen atoms in total. The summed E-state index contributed by atoms with van der Waals surface area (Å²) < 4.78 is 0. The standard InChI is InChI=1S/C19H16NP/c20-17-12-6-10-15-14-9-4-5-11-16(14)19(21,18(15)17)13-7-2-1-3-8-13/h1-12H,20-21H2. The van der Waals surface area contributed by atoms with E-state index in [0.29, 0.717) is 0 Å². The monoisotopic (exact) mass is 289 g/mol. The van der Waals surface area contributed by atoms with Gasteiger partial charge in [0.15, 0.2) is 0 Å². The first kappa shape index (κ1) is 12.6. The molecule has 1 aliphatic carbocycles. The maximum atomic E-state index is 6.35. The molecule has 0 bridgehead atoms. The summed E-state index contributed by atoms with van der Waals surface area (Å²) in [5.41, 5.74) is 13.5. The van der Waals surface area contributed by atoms with Crippen LogP contribution in [0.25, 0.3) is 11.1 Å². The van der Waals surface area contributed by atoms with Gasteiger partial charge in [0, 0.05) is 11.3 Å². The van der Waals surface area contributed by atoms with E-state index in [-0.39, 0.29) is 5.16 Å². The van der Waals surface area contributed by atoms with Gasteiger partial charge in [0.25, 0.3) is 0 Å². The minimum atomic E-state index is -0.265. The van der Waals surface area contributed by atoms with Crippen molar-refractivity contribution in [2.75, 3.05) is 5.73 Å². The molecule has 0 saturated heterocycles. The first-order valence-electron chi connectivity index (χ1n) is 7.06. The summed E-state index contributed by atoms with van der Waals surface area (Å²) in [6.45, 7) is 0. The van der Waals surface area contributed by atoms with Crippen LogP contribution in [-0.2, 0) is 5.16 Å². The molecule has 4 rings (SSSR count). The van der Waals surface area contributed by atoms with E-state index in [2.05, 4.69) is 63.8 Å². The third-order valence-corrected chi connectivity index (χ3v) is 5.30. The van der Waals surface area contributed by atoms with Crippen LogP contribution in [0.2, 0.25) is 0 Å². The lowest BCUT2D eigenvalue weighted by Gasteiger charge is -2.29. The van der Waals surface area contributed by atoms with Gasteiger partial charge in [-0.3, -0.25) is 0 Å². The Morgan fingerprint density at radius 2 is 1.38 bits per heavy atom. The van der Waals surface area contributed by atoms with E-state index >= 15 is 0 Å². The lowest BCUT2D eigenvalue weighted by Crippen LogP contribution is -2.19. The SMILES string of the molecule is Nc1cccc2c1C(P)(c1ccccc1)c1ccccc1-2. The Bertz CT molecular complexity index is 826. The molecule has 102 valence electrons. The van der Waals surface area contributed by atoms with Crippen molar-refractivity contribution in [1.82, 2.24) is 0 Å². The Morgan fingerprint density at radius 3 is 2.19 bits per heavy atom. The molecule has 21 heavy (non-hydrogen) atoms. The van der Waals surface area contributed by atoms with Crippen molar-refractivity contribution in [3.05, 3.63) is 89.5 Å². The van der Waals surface area contributed by atoms with E-state index in [9.17, 15) is 0 Å². The van der Waals surface area contributed by atoms with Crippen LogP contribution in [0.5, 0.6) is 0 Å². The number of benzene rings is 3. The largest absolute Gasteiger partial charge is 0.398 e. The topological polar surface area (TPSA) is 26.0 Å². The predicted octanol–water partition coefficient (Wildman–Crippen LogP) is 4.42. The maximum absolute atomic E-state index is 6.35. The molecule has 0 amide bonds. The second-order valence-electron chi connectivity index (χ2n) is 5.49. The summed E-state index contributed by atoms with van der Waals surface area (Å²) in [5, 5.41) is -0.265. The highest BCUT2D eigenvalue weighted by molar-refractivity contribution is 7.19. The van der Waals surface area contributed by atoms with Gasteiger partial charge in [-0.1, -0.05) is 66.7 Å². The molecule has 1 aliphatic rings. The smallest absolute Gasteiger partial charge is 0.0623 e. The van der Waals surface area contributed by atoms with Crippen LogP contribution < -0.4 is 5.73 Å². The van der Waals surface area contributed by atoms with Crippen LogP contribution in [0.15, 0.2) is 72.8 Å². The molecule has 3 aromatic rings. The van der Waals surface area contributed by atoms with Crippen molar-refractivity contribution in [2.45, 2.75) is 5.16 Å². The van der Waals surface area contributed by atoms with E-state index in [1.54, 1.807) is 0 Å². The molecule has 0 spiro atoms. The molecule has 0 heterocycles. The molecular weight excluding hydrogens is 273 g/mol. The number of nitrogens with two attached hydrogens (primary N) is 1. The van der Waals surface area contributed by atoms with E-state index in [4.69, 9.17) is 5.73 Å². The van der Waals surface area contributed by atoms with Crippen LogP contribution in [-0.4, -0.2) is 0 Å². The molecule has 2 N–H and O–H groups in total. The lowest BCUT2D eigenvalue weighted by atomic mass is 9.87. The number of rotatable bonds is 1. The van der Waals surface area contributed by atoms with Crippen molar-refractivity contribution >= 4 is 14.9 Å². The van der Waals surface area contributed by atoms with Crippen molar-refractivity contribution < 1.29 is 0 Å². The minimum Gasteiger partial charge on any atom is -0.398 e. The van der Waals surface area contributed by atoms with Crippen molar-refractivity contribution in [3.8, 4) is 11.1 Å². The van der Waals surface area contributed by atoms with Gasteiger partial charge in [-0.15, -0.1) is 9.24 Å². The number of fused-ring (bicyclic) bond motifs is 3. The molecule has 3 aromatic carbocycles. The zero-order valence-corrected chi connectivity index (χ0v) is 12.7. The van der Waals surface area contributed by atoms with Gasteiger partial charge in [-0.25, -0.2) is 0 Å². The second kappa shape index (κ2) is 4.44. The van der Waals surface area contributed by atoms with Crippen LogP contribution in [0.1, 0.15) is 16.7 Å². The van der Waals surface area contributed by atoms with Crippen molar-refractivity contribution in [3.63, 3.8) is 0 Å². The average molecular weight is 289 g/mol. The number of hydrogen-bond donors (Lipinski definition) is 1. The van der Waals surface area contributed by atoms with Crippen LogP contribution in [0.3, 0.4) is 0 Å². The summed E-state index contributed by atoms with van der Waals surface area (Å²) >= 11 is 0. The van der Waals surface area contributed by atoms with Gasteiger partial charge in [0.1, 0.15) is 0 Å². The Labute approximate surface area is 127 Å². The van der Waals surface area contributed by atoms with Crippen LogP contribution in [0, 0.1) is 0 Å². The fraction of sp³-hybridized carbons (Fsp3) is 0.0526. The summed E-state index contributed by atoms with van der Waals surface area (Å²) in [5.74, 6) is 0. The molecule has 0 aromatic heterocycles. The molecular formula is C19H16NP. The second-order valence-corrected chi connectivity index (χ2v) is 6.36. The normalized spacial score (nSPS) is 19.1. The Balaban J connectivity index is 2.13. The van der Waals surface area contributed by atoms with Gasteiger partial charge in [-0.05, 0) is 28.3 Å². The Hall–Kier alpha value is -2.11. The fourth-order valence-corrected chi connectivity index (χ4v) is 4.20. The molecule has 0 radical (unpaired) electrons. The maximum Gasteiger partial charge on any atom is 0.0623 e. The summed E-state index contributed by atoms with van der Waals surface area (Å²) in [6.07, 6.45) is 0. The Kier molecular flexibility index (Phi) is 2.67. The molecule has 2 heteroatoms. The number of hydrogen-bond acceptors (Lipinski definition) is 1. The summed E-state index contributed by atoms with van der Waals surface area (Å²) in [7, 11) is 3.05. The number of nitrogen functional groups attached to an aromatic ring is 1. The highest BCUT2D eigenvalue weighted by atomic mass is 31.0. The van der Waals surface area contributed by atoms with E-state index in [1.165, 1.54) is 27.8 Å². The van der Waals surface area contributed by atoms with Gasteiger partial charge >= 0.3 is 0 Å². The third-order valence-electron chi connectivity index (χ3n) is 4.36. The minimum absolute atomic E-state index is 0.265. The van der Waals surface area contributed by atoms with Gasteiger partial charge in [-0.2, -0.15) is 0 Å². The molecule has 0 aliphatic heterocycles. The Morgan fingerprint density at radius 1 is 0.714 bits per heavy atom. The number of anilines is 1. The van der Waals surface area contributed by atoms with E-state index < -0.39 is 0 Å². The van der Waals surface area contributed by atoms with E-state index in [1.807, 2.05) is 18.2 Å². The van der Waals surface area contributed by atoms with E-state index in [0.717, 1.165) is 5.69 Å². The summed E-state index contributed by atoms with van der Waals surface area (Å²) in [4.78, 5) is 0. The summed E-state index contributed by atoms with van der Waals surface area (Å²) in [6, 6.07) is 25.3. The molecule has 0 fully saturated rings. The zero-order chi connectivity index (χ0) is 14.4. The third kappa shape index (κ3) is 1.61. The highest BCUT2D eigenvalue weighted by Gasteiger charge is 2.42. The first-order valence-corrected chi connectivity index (χ1v) is 7.64. The van der Waals surface area contributed by atoms with Crippen molar-refractivity contribution in [1.29, 1.82) is 0 Å². The van der Waals surface area contributed by atoms with Gasteiger partial charge in [0.05, 0.1) is 5.16 Å². The first-order chi connectivity index (χ1) is 10.2. The van der Waals surface area contributed by atoms with Gasteiger partial charge < -0.3 is 5.73 Å². The highest BCUT2D eigenvalue weighted by Crippen LogP contribution is 2.57. The van der Waals surface area contributed by atoms with Crippen molar-refractivity contribution in [2.24, 2.45) is 0 Å². The average Bonchev–Trinajstić information content (AvgIpc) is 2.81. The van der Waals surface area contributed by atoms with Crippen LogP contribution >= 0.6 is 9.24 Å². The molecule has 0 saturated carbocycles. The molecule has 2 unspecified atom stereocenters. The van der Waals surface area contributed by atoms with Gasteiger partial charge in [0.2, 0.25) is 0 Å².